The summed E-state index contributed by atoms with van der Waals surface area (Å²) in [5, 5.41) is 6.69. The maximum absolute atomic E-state index is 4.53. The molecule has 0 radical (unpaired) electrons. The Bertz CT molecular complexity index is 446. The first-order valence-electron chi connectivity index (χ1n) is 7.91. The van der Waals surface area contributed by atoms with E-state index in [1.165, 1.54) is 18.4 Å². The summed E-state index contributed by atoms with van der Waals surface area (Å²) in [5.74, 6) is 2.76. The number of aromatic nitrogens is 1. The molecule has 2 N–H and O–H groups in total. The Hall–Kier alpha value is -1.78. The summed E-state index contributed by atoms with van der Waals surface area (Å²) in [6.07, 6.45) is 4.64. The minimum Gasteiger partial charge on any atom is -0.357 e. The topological polar surface area (TPSA) is 52.5 Å². The Morgan fingerprint density at radius 3 is 2.57 bits per heavy atom. The summed E-state index contributed by atoms with van der Waals surface area (Å²) < 4.78 is 0. The van der Waals surface area contributed by atoms with Gasteiger partial charge in [0.05, 0.1) is 0 Å². The van der Waals surface area contributed by atoms with Gasteiger partial charge in [-0.2, -0.15) is 0 Å². The van der Waals surface area contributed by atoms with Crippen LogP contribution in [0.1, 0.15) is 32.3 Å². The molecule has 0 bridgehead atoms. The lowest BCUT2D eigenvalue weighted by Gasteiger charge is -2.19. The lowest BCUT2D eigenvalue weighted by Crippen LogP contribution is -2.37. The molecule has 0 atom stereocenters. The van der Waals surface area contributed by atoms with Crippen molar-refractivity contribution in [2.24, 2.45) is 10.9 Å². The van der Waals surface area contributed by atoms with E-state index >= 15 is 0 Å². The third-order valence-corrected chi connectivity index (χ3v) is 3.84. The molecule has 1 aliphatic carbocycles. The van der Waals surface area contributed by atoms with E-state index in [0.717, 1.165) is 43.9 Å². The van der Waals surface area contributed by atoms with Crippen LogP contribution in [0.25, 0.3) is 0 Å². The van der Waals surface area contributed by atoms with Crippen LogP contribution in [0.15, 0.2) is 23.3 Å². The maximum atomic E-state index is 4.53. The number of hydrogen-bond acceptors (Lipinski definition) is 3. The summed E-state index contributed by atoms with van der Waals surface area (Å²) in [7, 11) is 1.81. The van der Waals surface area contributed by atoms with Crippen molar-refractivity contribution in [1.29, 1.82) is 0 Å². The van der Waals surface area contributed by atoms with Crippen molar-refractivity contribution in [3.63, 3.8) is 0 Å². The molecule has 1 fully saturated rings. The van der Waals surface area contributed by atoms with E-state index in [1.807, 2.05) is 13.2 Å². The van der Waals surface area contributed by atoms with Crippen LogP contribution in [0.3, 0.4) is 0 Å². The van der Waals surface area contributed by atoms with Gasteiger partial charge in [-0.05, 0) is 44.2 Å². The minimum atomic E-state index is 0.746. The van der Waals surface area contributed by atoms with E-state index in [1.54, 1.807) is 0 Å². The highest BCUT2D eigenvalue weighted by molar-refractivity contribution is 5.79. The molecule has 1 aliphatic rings. The van der Waals surface area contributed by atoms with Gasteiger partial charge in [0.1, 0.15) is 5.82 Å². The fourth-order valence-electron chi connectivity index (χ4n) is 2.23. The Labute approximate surface area is 127 Å². The van der Waals surface area contributed by atoms with Crippen molar-refractivity contribution in [2.75, 3.05) is 31.6 Å². The zero-order valence-electron chi connectivity index (χ0n) is 13.4. The fourth-order valence-corrected chi connectivity index (χ4v) is 2.23. The summed E-state index contributed by atoms with van der Waals surface area (Å²) in [4.78, 5) is 11.0. The Balaban J connectivity index is 1.81. The molecular formula is C16H27N5. The van der Waals surface area contributed by atoms with Crippen molar-refractivity contribution < 1.29 is 0 Å². The van der Waals surface area contributed by atoms with Crippen LogP contribution in [-0.4, -0.2) is 37.6 Å². The quantitative estimate of drug-likeness (QED) is 0.595. The molecule has 0 unspecified atom stereocenters. The Morgan fingerprint density at radius 1 is 1.29 bits per heavy atom. The number of rotatable bonds is 7. The van der Waals surface area contributed by atoms with E-state index in [-0.39, 0.29) is 0 Å². The van der Waals surface area contributed by atoms with Gasteiger partial charge in [-0.25, -0.2) is 4.98 Å². The number of nitrogens with one attached hydrogen (secondary N) is 2. The normalized spacial score (nSPS) is 14.9. The largest absolute Gasteiger partial charge is 0.357 e. The highest BCUT2D eigenvalue weighted by atomic mass is 15.2. The summed E-state index contributed by atoms with van der Waals surface area (Å²) in [6, 6.07) is 4.21. The molecule has 21 heavy (non-hydrogen) atoms. The van der Waals surface area contributed by atoms with Crippen LogP contribution in [0.2, 0.25) is 0 Å². The zero-order chi connectivity index (χ0) is 15.1. The third kappa shape index (κ3) is 4.92. The highest BCUT2D eigenvalue weighted by Gasteiger charge is 2.20. The van der Waals surface area contributed by atoms with Crippen molar-refractivity contribution in [2.45, 2.75) is 33.2 Å². The number of nitrogens with zero attached hydrogens (tertiary/aromatic N) is 3. The molecular weight excluding hydrogens is 262 g/mol. The van der Waals surface area contributed by atoms with Gasteiger partial charge in [0, 0.05) is 39.4 Å². The van der Waals surface area contributed by atoms with Gasteiger partial charge in [-0.3, -0.25) is 4.99 Å². The molecule has 5 nitrogen and oxygen atoms in total. The van der Waals surface area contributed by atoms with Crippen molar-refractivity contribution in [3.05, 3.63) is 23.9 Å². The van der Waals surface area contributed by atoms with Crippen LogP contribution < -0.4 is 15.5 Å². The predicted octanol–water partition coefficient (Wildman–Crippen LogP) is 2.00. The number of anilines is 1. The van der Waals surface area contributed by atoms with Crippen LogP contribution in [0.4, 0.5) is 5.82 Å². The van der Waals surface area contributed by atoms with E-state index in [2.05, 4.69) is 51.5 Å². The fraction of sp³-hybridized carbons (Fsp3) is 0.625. The third-order valence-electron chi connectivity index (χ3n) is 3.84. The first-order valence-corrected chi connectivity index (χ1v) is 7.91. The minimum absolute atomic E-state index is 0.746. The predicted molar refractivity (Wildman–Crippen MR) is 88.7 cm³/mol. The lowest BCUT2D eigenvalue weighted by atomic mass is 10.2. The molecule has 116 valence electrons. The van der Waals surface area contributed by atoms with E-state index in [4.69, 9.17) is 0 Å². The number of pyridine rings is 1. The molecule has 5 heteroatoms. The standard InChI is InChI=1S/C16H27N5/c1-4-21(5-2)15-9-8-14(11-18-15)12-20-16(17-3)19-10-13-6-7-13/h8-9,11,13H,4-7,10,12H2,1-3H3,(H2,17,19,20). The van der Waals surface area contributed by atoms with Crippen LogP contribution in [0, 0.1) is 5.92 Å². The summed E-state index contributed by atoms with van der Waals surface area (Å²) in [5.41, 5.74) is 1.17. The molecule has 2 rings (SSSR count). The van der Waals surface area contributed by atoms with E-state index in [9.17, 15) is 0 Å². The van der Waals surface area contributed by atoms with Gasteiger partial charge in [-0.1, -0.05) is 6.07 Å². The second-order valence-corrected chi connectivity index (χ2v) is 5.45. The number of aliphatic imine (C=N–C) groups is 1. The lowest BCUT2D eigenvalue weighted by molar-refractivity contribution is 0.736. The SMILES string of the molecule is CCN(CC)c1ccc(CNC(=NC)NCC2CC2)cn1. The number of hydrogen-bond donors (Lipinski definition) is 2. The van der Waals surface area contributed by atoms with Crippen LogP contribution >= 0.6 is 0 Å². The van der Waals surface area contributed by atoms with Gasteiger partial charge in [0.2, 0.25) is 0 Å². The molecule has 1 aromatic rings. The summed E-state index contributed by atoms with van der Waals surface area (Å²) in [6.45, 7) is 8.04. The monoisotopic (exact) mass is 289 g/mol. The number of guanidine groups is 1. The van der Waals surface area contributed by atoms with Gasteiger partial charge < -0.3 is 15.5 Å². The average Bonchev–Trinajstić information content (AvgIpc) is 3.34. The first-order chi connectivity index (χ1) is 10.3. The van der Waals surface area contributed by atoms with E-state index in [0.29, 0.717) is 0 Å². The summed E-state index contributed by atoms with van der Waals surface area (Å²) >= 11 is 0. The molecule has 1 heterocycles. The molecule has 1 aromatic heterocycles. The van der Waals surface area contributed by atoms with Crippen molar-refractivity contribution >= 4 is 11.8 Å². The second-order valence-electron chi connectivity index (χ2n) is 5.45. The Morgan fingerprint density at radius 2 is 2.05 bits per heavy atom. The zero-order valence-corrected chi connectivity index (χ0v) is 13.4. The van der Waals surface area contributed by atoms with Gasteiger partial charge >= 0.3 is 0 Å². The average molecular weight is 289 g/mol. The van der Waals surface area contributed by atoms with Crippen LogP contribution in [-0.2, 0) is 6.54 Å². The second kappa shape index (κ2) is 7.86. The van der Waals surface area contributed by atoms with Gasteiger partial charge in [0.15, 0.2) is 5.96 Å². The smallest absolute Gasteiger partial charge is 0.191 e. The molecule has 0 saturated heterocycles. The van der Waals surface area contributed by atoms with Gasteiger partial charge in [-0.15, -0.1) is 0 Å². The van der Waals surface area contributed by atoms with Gasteiger partial charge in [0.25, 0.3) is 0 Å². The Kier molecular flexibility index (Phi) is 5.84. The van der Waals surface area contributed by atoms with Crippen molar-refractivity contribution in [1.82, 2.24) is 15.6 Å². The highest BCUT2D eigenvalue weighted by Crippen LogP contribution is 2.27. The molecule has 0 spiro atoms. The molecule has 0 aliphatic heterocycles. The van der Waals surface area contributed by atoms with E-state index < -0.39 is 0 Å². The first kappa shape index (κ1) is 15.6. The van der Waals surface area contributed by atoms with Crippen LogP contribution in [0.5, 0.6) is 0 Å². The maximum Gasteiger partial charge on any atom is 0.191 e. The molecule has 1 saturated carbocycles. The molecule has 0 amide bonds. The molecule has 0 aromatic carbocycles. The van der Waals surface area contributed by atoms with Crippen molar-refractivity contribution in [3.8, 4) is 0 Å².